The number of aryl methyl sites for hydroxylation is 2. The first kappa shape index (κ1) is 17.9. The van der Waals surface area contributed by atoms with Crippen LogP contribution in [0.2, 0.25) is 0 Å². The van der Waals surface area contributed by atoms with Gasteiger partial charge in [-0.1, -0.05) is 37.6 Å². The van der Waals surface area contributed by atoms with Crippen molar-refractivity contribution in [1.82, 2.24) is 9.78 Å². The predicted molar refractivity (Wildman–Crippen MR) is 95.4 cm³/mol. The molecule has 0 aliphatic rings. The fourth-order valence-electron chi connectivity index (χ4n) is 3.06. The predicted octanol–water partition coefficient (Wildman–Crippen LogP) is 4.57. The topological polar surface area (TPSA) is 46.9 Å². The zero-order chi connectivity index (χ0) is 18.0. The molecule has 1 amide bonds. The number of hydrogen-bond donors (Lipinski definition) is 1. The van der Waals surface area contributed by atoms with Gasteiger partial charge >= 0.3 is 0 Å². The third-order valence-electron chi connectivity index (χ3n) is 3.96. The van der Waals surface area contributed by atoms with Crippen LogP contribution in [0.15, 0.2) is 29.8 Å². The molecule has 0 bridgehead atoms. The number of para-hydroxylation sites is 1. The maximum Gasteiger partial charge on any atom is 0.262 e. The van der Waals surface area contributed by atoms with Crippen molar-refractivity contribution < 1.29 is 9.18 Å². The highest BCUT2D eigenvalue weighted by molar-refractivity contribution is 6.06. The van der Waals surface area contributed by atoms with Crippen LogP contribution in [0.3, 0.4) is 0 Å². The van der Waals surface area contributed by atoms with Crippen LogP contribution in [0.25, 0.3) is 5.57 Å². The summed E-state index contributed by atoms with van der Waals surface area (Å²) in [6.07, 6.45) is 0. The molecule has 4 nitrogen and oxygen atoms in total. The first-order valence-electron chi connectivity index (χ1n) is 8.01. The number of nitrogens with zero attached hydrogens (tertiary/aromatic N) is 2. The van der Waals surface area contributed by atoms with E-state index < -0.39 is 11.9 Å². The molecule has 0 aliphatic heterocycles. The molecule has 2 rings (SSSR count). The molecule has 24 heavy (non-hydrogen) atoms. The lowest BCUT2D eigenvalue weighted by Gasteiger charge is -2.18. The Morgan fingerprint density at radius 2 is 1.88 bits per heavy atom. The molecule has 0 aliphatic carbocycles. The van der Waals surface area contributed by atoms with Gasteiger partial charge in [0.15, 0.2) is 0 Å². The van der Waals surface area contributed by atoms with Gasteiger partial charge in [0.25, 0.3) is 5.91 Å². The van der Waals surface area contributed by atoms with Crippen molar-refractivity contribution in [3.8, 4) is 0 Å². The zero-order valence-electron chi connectivity index (χ0n) is 15.1. The van der Waals surface area contributed by atoms with E-state index in [1.807, 2.05) is 24.3 Å². The summed E-state index contributed by atoms with van der Waals surface area (Å²) < 4.78 is 15.2. The highest BCUT2D eigenvalue weighted by Gasteiger charge is 2.22. The molecule has 0 fully saturated rings. The quantitative estimate of drug-likeness (QED) is 0.893. The number of aromatic nitrogens is 2. The van der Waals surface area contributed by atoms with E-state index in [1.165, 1.54) is 18.2 Å². The van der Waals surface area contributed by atoms with E-state index in [0.29, 0.717) is 17.3 Å². The Kier molecular flexibility index (Phi) is 5.22. The van der Waals surface area contributed by atoms with Gasteiger partial charge in [-0.25, -0.2) is 4.68 Å². The first-order chi connectivity index (χ1) is 11.2. The van der Waals surface area contributed by atoms with E-state index in [0.717, 1.165) is 10.2 Å². The molecule has 0 spiro atoms. The Morgan fingerprint density at radius 1 is 1.25 bits per heavy atom. The van der Waals surface area contributed by atoms with Crippen molar-refractivity contribution in [2.24, 2.45) is 13.0 Å². The molecule has 0 atom stereocenters. The van der Waals surface area contributed by atoms with Gasteiger partial charge in [0.05, 0.1) is 5.69 Å². The molecule has 0 unspecified atom stereocenters. The standard InChI is InChI=1S/C19H24FN3O/c1-11(2)16(12(3)4)14-9-7-8-10-15(14)21-19(24)17-13(5)22-23(6)18(17)20/h7-11H,1-6H3,(H,21,24). The average molecular weight is 329 g/mol. The number of rotatable bonds is 4. The van der Waals surface area contributed by atoms with Crippen LogP contribution in [0.1, 0.15) is 49.3 Å². The van der Waals surface area contributed by atoms with Gasteiger partial charge in [0, 0.05) is 18.3 Å². The third kappa shape index (κ3) is 3.40. The average Bonchev–Trinajstić information content (AvgIpc) is 2.73. The summed E-state index contributed by atoms with van der Waals surface area (Å²) in [4.78, 5) is 12.6. The van der Waals surface area contributed by atoms with Gasteiger partial charge in [-0.3, -0.25) is 4.79 Å². The van der Waals surface area contributed by atoms with E-state index in [9.17, 15) is 9.18 Å². The van der Waals surface area contributed by atoms with Crippen LogP contribution in [-0.4, -0.2) is 15.7 Å². The number of anilines is 1. The van der Waals surface area contributed by atoms with Gasteiger partial charge in [0.1, 0.15) is 5.56 Å². The monoisotopic (exact) mass is 329 g/mol. The van der Waals surface area contributed by atoms with Crippen molar-refractivity contribution in [3.05, 3.63) is 52.6 Å². The summed E-state index contributed by atoms with van der Waals surface area (Å²) in [5.41, 5.74) is 4.36. The Balaban J connectivity index is 2.45. The number of allylic oxidation sites excluding steroid dienone is 2. The number of halogens is 1. The largest absolute Gasteiger partial charge is 0.321 e. The molecular weight excluding hydrogens is 305 g/mol. The normalized spacial score (nSPS) is 10.8. The second-order valence-electron chi connectivity index (χ2n) is 6.44. The molecule has 0 saturated carbocycles. The molecule has 0 radical (unpaired) electrons. The smallest absolute Gasteiger partial charge is 0.262 e. The van der Waals surface area contributed by atoms with Crippen LogP contribution >= 0.6 is 0 Å². The Labute approximate surface area is 142 Å². The van der Waals surface area contributed by atoms with Crippen molar-refractivity contribution in [2.45, 2.75) is 34.6 Å². The second-order valence-corrected chi connectivity index (χ2v) is 6.44. The summed E-state index contributed by atoms with van der Waals surface area (Å²) in [7, 11) is 1.48. The van der Waals surface area contributed by atoms with Crippen LogP contribution in [0, 0.1) is 18.8 Å². The lowest BCUT2D eigenvalue weighted by Crippen LogP contribution is -2.16. The lowest BCUT2D eigenvalue weighted by molar-refractivity contribution is 0.102. The number of carbonyl (C=O) groups is 1. The zero-order valence-corrected chi connectivity index (χ0v) is 15.1. The van der Waals surface area contributed by atoms with Crippen LogP contribution < -0.4 is 5.32 Å². The minimum atomic E-state index is -0.631. The second kappa shape index (κ2) is 6.99. The van der Waals surface area contributed by atoms with E-state index in [1.54, 1.807) is 6.92 Å². The van der Waals surface area contributed by atoms with Gasteiger partial charge in [-0.05, 0) is 38.3 Å². The van der Waals surface area contributed by atoms with Crippen LogP contribution in [0.5, 0.6) is 0 Å². The molecular formula is C19H24FN3O. The SMILES string of the molecule is CC(C)=C(c1ccccc1NC(=O)c1c(C)nn(C)c1F)C(C)C. The highest BCUT2D eigenvalue weighted by Crippen LogP contribution is 2.32. The summed E-state index contributed by atoms with van der Waals surface area (Å²) >= 11 is 0. The van der Waals surface area contributed by atoms with Crippen LogP contribution in [-0.2, 0) is 7.05 Å². The number of nitrogens with one attached hydrogen (secondary N) is 1. The Bertz CT molecular complexity index is 799. The number of carbonyl (C=O) groups excluding carboxylic acids is 1. The molecule has 0 saturated heterocycles. The Hall–Kier alpha value is -2.43. The fourth-order valence-corrected chi connectivity index (χ4v) is 3.06. The summed E-state index contributed by atoms with van der Waals surface area (Å²) in [5.74, 6) is -0.805. The fraction of sp³-hybridized carbons (Fsp3) is 0.368. The lowest BCUT2D eigenvalue weighted by atomic mass is 9.90. The van der Waals surface area contributed by atoms with E-state index >= 15 is 0 Å². The van der Waals surface area contributed by atoms with Crippen molar-refractivity contribution >= 4 is 17.2 Å². The minimum Gasteiger partial charge on any atom is -0.321 e. The maximum absolute atomic E-state index is 14.1. The molecule has 5 heteroatoms. The molecule has 1 aromatic carbocycles. The number of benzene rings is 1. The molecule has 1 aromatic heterocycles. The van der Waals surface area contributed by atoms with Crippen LogP contribution in [0.4, 0.5) is 10.1 Å². The first-order valence-corrected chi connectivity index (χ1v) is 8.01. The molecule has 1 heterocycles. The Morgan fingerprint density at radius 3 is 2.38 bits per heavy atom. The van der Waals surface area contributed by atoms with Crippen molar-refractivity contribution in [3.63, 3.8) is 0 Å². The number of amides is 1. The summed E-state index contributed by atoms with van der Waals surface area (Å²) in [5, 5.41) is 6.80. The molecule has 2 aromatic rings. The van der Waals surface area contributed by atoms with E-state index in [2.05, 4.69) is 38.1 Å². The highest BCUT2D eigenvalue weighted by atomic mass is 19.1. The van der Waals surface area contributed by atoms with Crippen molar-refractivity contribution in [1.29, 1.82) is 0 Å². The van der Waals surface area contributed by atoms with E-state index in [-0.39, 0.29) is 5.56 Å². The summed E-state index contributed by atoms with van der Waals surface area (Å²) in [6, 6.07) is 7.60. The minimum absolute atomic E-state index is 0.0180. The van der Waals surface area contributed by atoms with Gasteiger partial charge in [-0.2, -0.15) is 9.49 Å². The third-order valence-corrected chi connectivity index (χ3v) is 3.96. The van der Waals surface area contributed by atoms with Gasteiger partial charge < -0.3 is 5.32 Å². The van der Waals surface area contributed by atoms with Gasteiger partial charge in [-0.15, -0.1) is 0 Å². The number of hydrogen-bond acceptors (Lipinski definition) is 2. The summed E-state index contributed by atoms with van der Waals surface area (Å²) in [6.45, 7) is 9.97. The van der Waals surface area contributed by atoms with Crippen molar-refractivity contribution in [2.75, 3.05) is 5.32 Å². The van der Waals surface area contributed by atoms with E-state index in [4.69, 9.17) is 0 Å². The molecule has 128 valence electrons. The molecule has 1 N–H and O–H groups in total. The maximum atomic E-state index is 14.1. The van der Waals surface area contributed by atoms with Gasteiger partial charge in [0.2, 0.25) is 5.95 Å².